The molecule has 150 valence electrons. The summed E-state index contributed by atoms with van der Waals surface area (Å²) in [6.45, 7) is 3.59. The second kappa shape index (κ2) is 8.63. The summed E-state index contributed by atoms with van der Waals surface area (Å²) < 4.78 is 5.27. The number of rotatable bonds is 5. The van der Waals surface area contributed by atoms with Gasteiger partial charge < -0.3 is 20.3 Å². The first-order valence-corrected chi connectivity index (χ1v) is 10.8. The Labute approximate surface area is 173 Å². The molecule has 1 saturated heterocycles. The van der Waals surface area contributed by atoms with E-state index in [0.717, 1.165) is 56.8 Å². The lowest BCUT2D eigenvalue weighted by Crippen LogP contribution is -2.30. The van der Waals surface area contributed by atoms with E-state index < -0.39 is 0 Å². The van der Waals surface area contributed by atoms with Crippen molar-refractivity contribution in [2.45, 2.75) is 32.2 Å². The second-order valence-corrected chi connectivity index (χ2v) is 8.63. The molecule has 2 aliphatic heterocycles. The topological polar surface area (TPSA) is 79.4 Å². The molecule has 2 aromatic heterocycles. The molecule has 0 radical (unpaired) electrons. The molecule has 0 bridgehead atoms. The van der Waals surface area contributed by atoms with Gasteiger partial charge in [-0.25, -0.2) is 9.97 Å². The monoisotopic (exact) mass is 421 g/mol. The normalized spacial score (nSPS) is 17.3. The van der Waals surface area contributed by atoms with Crippen molar-refractivity contribution in [2.75, 3.05) is 37.0 Å². The van der Waals surface area contributed by atoms with Crippen molar-refractivity contribution in [1.82, 2.24) is 15.3 Å². The summed E-state index contributed by atoms with van der Waals surface area (Å²) in [5, 5.41) is 7.41. The van der Waals surface area contributed by atoms with Crippen LogP contribution in [0.5, 0.6) is 5.75 Å². The van der Waals surface area contributed by atoms with E-state index in [-0.39, 0.29) is 5.91 Å². The second-order valence-electron chi connectivity index (χ2n) is 7.19. The van der Waals surface area contributed by atoms with Crippen molar-refractivity contribution in [3.05, 3.63) is 28.0 Å². The molecule has 4 rings (SSSR count). The number of nitrogens with one attached hydrogen (secondary N) is 2. The number of thiazole rings is 1. The number of amides is 1. The number of aromatic nitrogens is 2. The lowest BCUT2D eigenvalue weighted by molar-refractivity contribution is -0.117. The number of fused-ring (bicyclic) bond motifs is 1. The minimum atomic E-state index is 0.0708. The highest BCUT2D eigenvalue weighted by molar-refractivity contribution is 7.15. The van der Waals surface area contributed by atoms with Crippen molar-refractivity contribution in [1.29, 1.82) is 0 Å². The molecule has 0 unspecified atom stereocenters. The van der Waals surface area contributed by atoms with E-state index in [2.05, 4.69) is 25.5 Å². The van der Waals surface area contributed by atoms with E-state index in [1.165, 1.54) is 4.88 Å². The molecule has 0 aliphatic carbocycles. The molecular formula is C19H24ClN5O2S. The molecule has 2 aromatic rings. The Balaban J connectivity index is 1.40. The summed E-state index contributed by atoms with van der Waals surface area (Å²) in [4.78, 5) is 24.6. The predicted molar refractivity (Wildman–Crippen MR) is 112 cm³/mol. The third kappa shape index (κ3) is 4.39. The van der Waals surface area contributed by atoms with Crippen LogP contribution in [0.4, 0.5) is 10.8 Å². The Morgan fingerprint density at radius 1 is 1.46 bits per heavy atom. The first-order valence-electron chi connectivity index (χ1n) is 9.56. The summed E-state index contributed by atoms with van der Waals surface area (Å²) in [5.74, 6) is 1.11. The zero-order valence-electron chi connectivity index (χ0n) is 15.8. The van der Waals surface area contributed by atoms with Crippen LogP contribution in [-0.4, -0.2) is 42.6 Å². The number of pyridine rings is 1. The van der Waals surface area contributed by atoms with E-state index in [9.17, 15) is 4.79 Å². The van der Waals surface area contributed by atoms with E-state index in [1.807, 2.05) is 6.07 Å². The number of piperidine rings is 1. The van der Waals surface area contributed by atoms with Gasteiger partial charge in [0.25, 0.3) is 0 Å². The molecule has 0 aromatic carbocycles. The third-order valence-corrected chi connectivity index (χ3v) is 6.57. The highest BCUT2D eigenvalue weighted by atomic mass is 35.5. The molecule has 0 spiro atoms. The third-order valence-electron chi connectivity index (χ3n) is 5.29. The molecule has 2 aliphatic rings. The summed E-state index contributed by atoms with van der Waals surface area (Å²) >= 11 is 7.59. The van der Waals surface area contributed by atoms with Gasteiger partial charge >= 0.3 is 0 Å². The smallest absolute Gasteiger partial charge is 0.226 e. The van der Waals surface area contributed by atoms with Crippen LogP contribution in [0.25, 0.3) is 0 Å². The maximum atomic E-state index is 12.4. The van der Waals surface area contributed by atoms with Gasteiger partial charge in [-0.1, -0.05) is 22.9 Å². The fourth-order valence-electron chi connectivity index (χ4n) is 3.72. The molecule has 28 heavy (non-hydrogen) atoms. The fraction of sp³-hybridized carbons (Fsp3) is 0.526. The standard InChI is InChI=1S/C19H24ClN5O2S/c1-27-15-9-13(10-22-18(15)20)25-7-4-14-16(11-25)28-19(23-14)24-17(26)8-12-2-5-21-6-3-12/h9-10,12,21H,2-8,11H2,1H3,(H,23,24,26). The maximum Gasteiger partial charge on any atom is 0.226 e. The summed E-state index contributed by atoms with van der Waals surface area (Å²) in [5.41, 5.74) is 2.05. The Hall–Kier alpha value is -1.90. The summed E-state index contributed by atoms with van der Waals surface area (Å²) in [6, 6.07) is 1.91. The van der Waals surface area contributed by atoms with Crippen LogP contribution in [0, 0.1) is 5.92 Å². The molecule has 0 atom stereocenters. The average molecular weight is 422 g/mol. The van der Waals surface area contributed by atoms with Gasteiger partial charge in [0, 0.05) is 30.3 Å². The first-order chi connectivity index (χ1) is 13.6. The average Bonchev–Trinajstić information content (AvgIpc) is 3.10. The predicted octanol–water partition coefficient (Wildman–Crippen LogP) is 3.09. The van der Waals surface area contributed by atoms with Crippen LogP contribution in [-0.2, 0) is 17.8 Å². The number of halogens is 1. The SMILES string of the molecule is COc1cc(N2CCc3nc(NC(=O)CC4CCNCC4)sc3C2)cnc1Cl. The van der Waals surface area contributed by atoms with E-state index in [0.29, 0.717) is 28.4 Å². The minimum Gasteiger partial charge on any atom is -0.493 e. The first kappa shape index (κ1) is 19.4. The maximum absolute atomic E-state index is 12.4. The molecule has 1 fully saturated rings. The molecule has 1 amide bonds. The van der Waals surface area contributed by atoms with Crippen LogP contribution in [0.15, 0.2) is 12.3 Å². The van der Waals surface area contributed by atoms with Gasteiger partial charge in [0.15, 0.2) is 16.0 Å². The van der Waals surface area contributed by atoms with Gasteiger partial charge in [-0.05, 0) is 31.8 Å². The minimum absolute atomic E-state index is 0.0708. The molecule has 9 heteroatoms. The van der Waals surface area contributed by atoms with Gasteiger partial charge in [0.2, 0.25) is 5.91 Å². The van der Waals surface area contributed by atoms with Crippen molar-refractivity contribution in [2.24, 2.45) is 5.92 Å². The van der Waals surface area contributed by atoms with Crippen LogP contribution in [0.2, 0.25) is 5.15 Å². The molecule has 7 nitrogen and oxygen atoms in total. The van der Waals surface area contributed by atoms with Crippen molar-refractivity contribution in [3.63, 3.8) is 0 Å². The summed E-state index contributed by atoms with van der Waals surface area (Å²) in [7, 11) is 1.59. The van der Waals surface area contributed by atoms with Crippen molar-refractivity contribution < 1.29 is 9.53 Å². The number of hydrogen-bond acceptors (Lipinski definition) is 7. The Kier molecular flexibility index (Phi) is 5.99. The van der Waals surface area contributed by atoms with Gasteiger partial charge in [-0.2, -0.15) is 0 Å². The number of nitrogens with zero attached hydrogens (tertiary/aromatic N) is 3. The van der Waals surface area contributed by atoms with Gasteiger partial charge in [-0.3, -0.25) is 4.79 Å². The van der Waals surface area contributed by atoms with Crippen LogP contribution in [0.1, 0.15) is 29.8 Å². The van der Waals surface area contributed by atoms with Gasteiger partial charge in [0.1, 0.15) is 0 Å². The van der Waals surface area contributed by atoms with E-state index in [4.69, 9.17) is 16.3 Å². The lowest BCUT2D eigenvalue weighted by atomic mass is 9.94. The fourth-order valence-corrected chi connectivity index (χ4v) is 4.94. The lowest BCUT2D eigenvalue weighted by Gasteiger charge is -2.28. The molecule has 2 N–H and O–H groups in total. The summed E-state index contributed by atoms with van der Waals surface area (Å²) in [6.07, 6.45) is 5.30. The number of methoxy groups -OCH3 is 1. The molecule has 4 heterocycles. The van der Waals surface area contributed by atoms with Gasteiger partial charge in [-0.15, -0.1) is 0 Å². The number of carbonyl (C=O) groups excluding carboxylic acids is 1. The van der Waals surface area contributed by atoms with Gasteiger partial charge in [0.05, 0.1) is 31.2 Å². The van der Waals surface area contributed by atoms with Crippen LogP contribution < -0.4 is 20.3 Å². The number of ether oxygens (including phenoxy) is 1. The highest BCUT2D eigenvalue weighted by Gasteiger charge is 2.23. The van der Waals surface area contributed by atoms with Crippen LogP contribution in [0.3, 0.4) is 0 Å². The van der Waals surface area contributed by atoms with Crippen molar-refractivity contribution >= 4 is 39.7 Å². The quantitative estimate of drug-likeness (QED) is 0.722. The number of carbonyl (C=O) groups is 1. The molecule has 0 saturated carbocycles. The zero-order chi connectivity index (χ0) is 19.5. The van der Waals surface area contributed by atoms with Crippen LogP contribution >= 0.6 is 22.9 Å². The zero-order valence-corrected chi connectivity index (χ0v) is 17.4. The van der Waals surface area contributed by atoms with Crippen molar-refractivity contribution in [3.8, 4) is 5.75 Å². The molecular weight excluding hydrogens is 398 g/mol. The highest BCUT2D eigenvalue weighted by Crippen LogP contribution is 2.33. The largest absolute Gasteiger partial charge is 0.493 e. The van der Waals surface area contributed by atoms with E-state index >= 15 is 0 Å². The Morgan fingerprint density at radius 2 is 2.29 bits per heavy atom. The number of anilines is 2. The number of hydrogen-bond donors (Lipinski definition) is 2. The Morgan fingerprint density at radius 3 is 3.07 bits per heavy atom. The van der Waals surface area contributed by atoms with E-state index in [1.54, 1.807) is 24.6 Å². The Bertz CT molecular complexity index is 853.